The largest absolute Gasteiger partial charge is 0.474 e. The van der Waals surface area contributed by atoms with Gasteiger partial charge in [0.15, 0.2) is 0 Å². The minimum atomic E-state index is 0. The molecule has 0 aromatic carbocycles. The van der Waals surface area contributed by atoms with Crippen LogP contribution in [0.15, 0.2) is 10.6 Å². The van der Waals surface area contributed by atoms with E-state index in [1.54, 1.807) is 6.07 Å². The number of aromatic nitrogens is 1. The molecule has 0 aliphatic rings. The summed E-state index contributed by atoms with van der Waals surface area (Å²) in [5.74, 6) is 1.32. The minimum absolute atomic E-state index is 0. The van der Waals surface area contributed by atoms with E-state index in [1.807, 2.05) is 14.0 Å². The normalized spacial score (nSPS) is 9.17. The minimum Gasteiger partial charge on any atom is -0.474 e. The van der Waals surface area contributed by atoms with Crippen LogP contribution in [0, 0.1) is 6.92 Å². The molecule has 1 N–H and O–H groups in total. The lowest BCUT2D eigenvalue weighted by Crippen LogP contribution is -2.15. The summed E-state index contributed by atoms with van der Waals surface area (Å²) in [5.41, 5.74) is 0. The van der Waals surface area contributed by atoms with Crippen molar-refractivity contribution in [2.24, 2.45) is 0 Å². The maximum absolute atomic E-state index is 5.20. The van der Waals surface area contributed by atoms with Gasteiger partial charge in [0, 0.05) is 12.6 Å². The Labute approximate surface area is 77.7 Å². The molecule has 0 aliphatic carbocycles. The molecule has 0 atom stereocenters. The highest BCUT2D eigenvalue weighted by Gasteiger charge is 1.98. The lowest BCUT2D eigenvalue weighted by atomic mass is 10.5. The van der Waals surface area contributed by atoms with E-state index in [9.17, 15) is 0 Å². The quantitative estimate of drug-likeness (QED) is 0.724. The Kier molecular flexibility index (Phi) is 5.49. The molecule has 0 saturated heterocycles. The van der Waals surface area contributed by atoms with Crippen LogP contribution in [0.25, 0.3) is 0 Å². The Bertz CT molecular complexity index is 215. The molecule has 1 aromatic rings. The molecule has 0 radical (unpaired) electrons. The second-order valence-electron chi connectivity index (χ2n) is 2.23. The molecule has 0 saturated carbocycles. The van der Waals surface area contributed by atoms with Crippen molar-refractivity contribution in [2.75, 3.05) is 20.2 Å². The molecule has 0 amide bonds. The summed E-state index contributed by atoms with van der Waals surface area (Å²) in [6, 6.07) is 1.76. The second-order valence-corrected chi connectivity index (χ2v) is 2.23. The van der Waals surface area contributed by atoms with Gasteiger partial charge in [0.05, 0.1) is 0 Å². The standard InChI is InChI=1S/C7H12N2O2.ClH/c1-6-5-7(9-11-6)10-4-3-8-2;/h5,8H,3-4H2,1-2H3;1H. The van der Waals surface area contributed by atoms with Crippen LogP contribution in [0.2, 0.25) is 0 Å². The molecule has 70 valence electrons. The number of likely N-dealkylation sites (N-methyl/N-ethyl adjacent to an activating group) is 1. The molecular weight excluding hydrogens is 180 g/mol. The fourth-order valence-corrected chi connectivity index (χ4v) is 0.669. The molecule has 12 heavy (non-hydrogen) atoms. The van der Waals surface area contributed by atoms with Crippen LogP contribution in [0.1, 0.15) is 5.76 Å². The number of ether oxygens (including phenoxy) is 1. The Morgan fingerprint density at radius 1 is 1.67 bits per heavy atom. The molecule has 5 heteroatoms. The maximum atomic E-state index is 5.20. The van der Waals surface area contributed by atoms with Crippen molar-refractivity contribution in [1.29, 1.82) is 0 Å². The predicted octanol–water partition coefficient (Wildman–Crippen LogP) is 1.00. The number of nitrogens with one attached hydrogen (secondary N) is 1. The molecular formula is C7H13ClN2O2. The third-order valence-electron chi connectivity index (χ3n) is 1.21. The molecule has 4 nitrogen and oxygen atoms in total. The van der Waals surface area contributed by atoms with Crippen molar-refractivity contribution >= 4 is 12.4 Å². The summed E-state index contributed by atoms with van der Waals surface area (Å²) in [6.07, 6.45) is 0. The maximum Gasteiger partial charge on any atom is 0.254 e. The summed E-state index contributed by atoms with van der Waals surface area (Å²) in [4.78, 5) is 0. The number of hydrogen-bond donors (Lipinski definition) is 1. The Morgan fingerprint density at radius 3 is 2.92 bits per heavy atom. The first-order valence-corrected chi connectivity index (χ1v) is 3.53. The fourth-order valence-electron chi connectivity index (χ4n) is 0.669. The molecule has 0 unspecified atom stereocenters. The van der Waals surface area contributed by atoms with Crippen LogP contribution >= 0.6 is 12.4 Å². The highest BCUT2D eigenvalue weighted by molar-refractivity contribution is 5.85. The third kappa shape index (κ3) is 3.59. The van der Waals surface area contributed by atoms with Crippen molar-refractivity contribution in [3.8, 4) is 5.88 Å². The first-order chi connectivity index (χ1) is 5.33. The number of rotatable bonds is 4. The zero-order valence-electron chi connectivity index (χ0n) is 7.16. The van der Waals surface area contributed by atoms with Gasteiger partial charge < -0.3 is 14.6 Å². The van der Waals surface area contributed by atoms with E-state index >= 15 is 0 Å². The van der Waals surface area contributed by atoms with Gasteiger partial charge in [-0.1, -0.05) is 0 Å². The number of halogens is 1. The van der Waals surface area contributed by atoms with Gasteiger partial charge in [-0.3, -0.25) is 0 Å². The van der Waals surface area contributed by atoms with Gasteiger partial charge in [-0.25, -0.2) is 0 Å². The van der Waals surface area contributed by atoms with E-state index in [0.717, 1.165) is 12.3 Å². The average Bonchev–Trinajstić information content (AvgIpc) is 2.37. The van der Waals surface area contributed by atoms with Crippen LogP contribution in [0.4, 0.5) is 0 Å². The molecule has 0 fully saturated rings. The fraction of sp³-hybridized carbons (Fsp3) is 0.571. The summed E-state index contributed by atoms with van der Waals surface area (Å²) < 4.78 is 10.00. The van der Waals surface area contributed by atoms with Crippen molar-refractivity contribution in [1.82, 2.24) is 10.5 Å². The number of hydrogen-bond acceptors (Lipinski definition) is 4. The van der Waals surface area contributed by atoms with E-state index in [0.29, 0.717) is 12.5 Å². The topological polar surface area (TPSA) is 47.3 Å². The molecule has 1 rings (SSSR count). The van der Waals surface area contributed by atoms with Crippen LogP contribution in [0.5, 0.6) is 5.88 Å². The summed E-state index contributed by atoms with van der Waals surface area (Å²) in [6.45, 7) is 3.26. The van der Waals surface area contributed by atoms with Crippen LogP contribution < -0.4 is 10.1 Å². The first-order valence-electron chi connectivity index (χ1n) is 3.53. The lowest BCUT2D eigenvalue weighted by Gasteiger charge is -1.98. The monoisotopic (exact) mass is 192 g/mol. The lowest BCUT2D eigenvalue weighted by molar-refractivity contribution is 0.278. The van der Waals surface area contributed by atoms with Crippen molar-refractivity contribution in [3.05, 3.63) is 11.8 Å². The molecule has 0 aliphatic heterocycles. The zero-order valence-corrected chi connectivity index (χ0v) is 7.98. The Balaban J connectivity index is 0.00000121. The first kappa shape index (κ1) is 11.3. The van der Waals surface area contributed by atoms with E-state index in [1.165, 1.54) is 0 Å². The zero-order chi connectivity index (χ0) is 8.10. The smallest absolute Gasteiger partial charge is 0.254 e. The van der Waals surface area contributed by atoms with Gasteiger partial charge in [-0.2, -0.15) is 0 Å². The van der Waals surface area contributed by atoms with Gasteiger partial charge in [0.25, 0.3) is 5.88 Å². The Morgan fingerprint density at radius 2 is 2.42 bits per heavy atom. The number of aryl methyl sites for hydroxylation is 1. The van der Waals surface area contributed by atoms with Crippen LogP contribution in [-0.4, -0.2) is 25.4 Å². The highest BCUT2D eigenvalue weighted by Crippen LogP contribution is 2.08. The average molecular weight is 193 g/mol. The second kappa shape index (κ2) is 5.85. The molecule has 0 bridgehead atoms. The van der Waals surface area contributed by atoms with Gasteiger partial charge in [0.2, 0.25) is 0 Å². The third-order valence-corrected chi connectivity index (χ3v) is 1.21. The summed E-state index contributed by atoms with van der Waals surface area (Å²) in [5, 5.41) is 6.62. The SMILES string of the molecule is CNCCOc1cc(C)on1.Cl. The van der Waals surface area contributed by atoms with Crippen LogP contribution in [-0.2, 0) is 0 Å². The van der Waals surface area contributed by atoms with Gasteiger partial charge in [-0.15, -0.1) is 12.4 Å². The summed E-state index contributed by atoms with van der Waals surface area (Å²) >= 11 is 0. The van der Waals surface area contributed by atoms with E-state index < -0.39 is 0 Å². The van der Waals surface area contributed by atoms with Crippen LogP contribution in [0.3, 0.4) is 0 Å². The summed E-state index contributed by atoms with van der Waals surface area (Å²) in [7, 11) is 1.87. The van der Waals surface area contributed by atoms with E-state index in [4.69, 9.17) is 9.26 Å². The number of nitrogens with zero attached hydrogens (tertiary/aromatic N) is 1. The van der Waals surface area contributed by atoms with Gasteiger partial charge >= 0.3 is 0 Å². The van der Waals surface area contributed by atoms with Crippen molar-refractivity contribution < 1.29 is 9.26 Å². The molecule has 1 aromatic heterocycles. The predicted molar refractivity (Wildman–Crippen MR) is 47.9 cm³/mol. The van der Waals surface area contributed by atoms with Gasteiger partial charge in [-0.05, 0) is 19.1 Å². The highest BCUT2D eigenvalue weighted by atomic mass is 35.5. The van der Waals surface area contributed by atoms with E-state index in [2.05, 4.69) is 10.5 Å². The molecule has 0 spiro atoms. The Hall–Kier alpha value is -0.740. The van der Waals surface area contributed by atoms with Crippen molar-refractivity contribution in [2.45, 2.75) is 6.92 Å². The van der Waals surface area contributed by atoms with Crippen molar-refractivity contribution in [3.63, 3.8) is 0 Å². The molecule has 1 heterocycles. The van der Waals surface area contributed by atoms with E-state index in [-0.39, 0.29) is 12.4 Å². The van der Waals surface area contributed by atoms with Gasteiger partial charge in [0.1, 0.15) is 12.4 Å².